The number of allylic oxidation sites excluding steroid dienone is 3. The van der Waals surface area contributed by atoms with Crippen LogP contribution in [0, 0.1) is 5.92 Å². The summed E-state index contributed by atoms with van der Waals surface area (Å²) < 4.78 is 0. The van der Waals surface area contributed by atoms with Crippen LogP contribution in [-0.4, -0.2) is 33.5 Å². The van der Waals surface area contributed by atoms with Crippen molar-refractivity contribution in [3.8, 4) is 0 Å². The molecule has 2 aliphatic carbocycles. The number of hydrogen-bond acceptors (Lipinski definition) is 5. The molecule has 0 aromatic heterocycles. The summed E-state index contributed by atoms with van der Waals surface area (Å²) in [7, 11) is 0. The van der Waals surface area contributed by atoms with Crippen molar-refractivity contribution in [1.29, 1.82) is 0 Å². The third-order valence-corrected chi connectivity index (χ3v) is 4.51. The molecule has 1 saturated carbocycles. The van der Waals surface area contributed by atoms with Crippen LogP contribution in [0.1, 0.15) is 39.0 Å². The SMILES string of the molecule is CC(O)C(=O)C1([NH2+]C(=O)C2C=C2C=CC=C(N)O)CCCCC1. The van der Waals surface area contributed by atoms with Gasteiger partial charge in [-0.3, -0.25) is 10.1 Å². The molecule has 0 radical (unpaired) electrons. The quantitative estimate of drug-likeness (QED) is 0.412. The lowest BCUT2D eigenvalue weighted by Gasteiger charge is -2.33. The zero-order valence-electron chi connectivity index (χ0n) is 13.4. The monoisotopic (exact) mass is 321 g/mol. The van der Waals surface area contributed by atoms with Crippen LogP contribution in [0.2, 0.25) is 0 Å². The summed E-state index contributed by atoms with van der Waals surface area (Å²) in [6.45, 7) is 1.46. The topological polar surface area (TPSA) is 117 Å². The minimum atomic E-state index is -1.05. The fourth-order valence-electron chi connectivity index (χ4n) is 3.23. The fraction of sp³-hybridized carbons (Fsp3) is 0.529. The van der Waals surface area contributed by atoms with Gasteiger partial charge in [-0.05, 0) is 31.4 Å². The first kappa shape index (κ1) is 17.4. The van der Waals surface area contributed by atoms with Crippen LogP contribution in [0.5, 0.6) is 0 Å². The van der Waals surface area contributed by atoms with E-state index >= 15 is 0 Å². The Kier molecular flexibility index (Phi) is 5.38. The van der Waals surface area contributed by atoms with Gasteiger partial charge in [0.1, 0.15) is 12.0 Å². The van der Waals surface area contributed by atoms with E-state index in [1.807, 2.05) is 0 Å². The summed E-state index contributed by atoms with van der Waals surface area (Å²) in [5.74, 6) is -0.943. The lowest BCUT2D eigenvalue weighted by Crippen LogP contribution is -3.02. The van der Waals surface area contributed by atoms with Crippen molar-refractivity contribution < 1.29 is 25.1 Å². The molecule has 0 aromatic rings. The number of primary amides is 1. The van der Waals surface area contributed by atoms with Crippen LogP contribution in [0.25, 0.3) is 0 Å². The number of Topliss-reactive ketones (excluding diaryl/α,β-unsaturated/α-hetero) is 1. The minimum Gasteiger partial charge on any atom is -0.495 e. The Bertz CT molecular complexity index is 565. The Morgan fingerprint density at radius 1 is 1.39 bits per heavy atom. The summed E-state index contributed by atoms with van der Waals surface area (Å²) in [5, 5.41) is 20.1. The predicted molar refractivity (Wildman–Crippen MR) is 85.0 cm³/mol. The first-order valence-electron chi connectivity index (χ1n) is 8.02. The highest BCUT2D eigenvalue weighted by Crippen LogP contribution is 2.31. The van der Waals surface area contributed by atoms with E-state index in [0.717, 1.165) is 24.8 Å². The van der Waals surface area contributed by atoms with Gasteiger partial charge in [-0.2, -0.15) is 0 Å². The van der Waals surface area contributed by atoms with E-state index < -0.39 is 11.6 Å². The molecule has 6 N–H and O–H groups in total. The molecule has 0 bridgehead atoms. The first-order valence-corrected chi connectivity index (χ1v) is 8.02. The highest BCUT2D eigenvalue weighted by Gasteiger charge is 2.48. The molecule has 2 rings (SSSR count). The maximum Gasteiger partial charge on any atom is 0.322 e. The smallest absolute Gasteiger partial charge is 0.322 e. The lowest BCUT2D eigenvalue weighted by molar-refractivity contribution is -0.637. The average molecular weight is 321 g/mol. The number of quaternary nitrogens is 1. The van der Waals surface area contributed by atoms with Gasteiger partial charge < -0.3 is 15.9 Å². The number of hydrogen-bond donors (Lipinski definition) is 4. The molecule has 6 nitrogen and oxygen atoms in total. The second-order valence-electron chi connectivity index (χ2n) is 6.40. The third kappa shape index (κ3) is 4.30. The molecule has 23 heavy (non-hydrogen) atoms. The van der Waals surface area contributed by atoms with Crippen LogP contribution in [0.4, 0.5) is 0 Å². The number of ketones is 1. The van der Waals surface area contributed by atoms with Crippen LogP contribution in [0.3, 0.4) is 0 Å². The van der Waals surface area contributed by atoms with Gasteiger partial charge >= 0.3 is 5.91 Å². The third-order valence-electron chi connectivity index (χ3n) is 4.51. The number of amides is 1. The van der Waals surface area contributed by atoms with Gasteiger partial charge in [-0.1, -0.05) is 24.6 Å². The van der Waals surface area contributed by atoms with Crippen LogP contribution >= 0.6 is 0 Å². The average Bonchev–Trinajstić information content (AvgIpc) is 3.26. The molecule has 1 amide bonds. The van der Waals surface area contributed by atoms with E-state index in [1.54, 1.807) is 23.5 Å². The first-order chi connectivity index (χ1) is 10.9. The number of aliphatic hydroxyl groups is 2. The number of nitrogens with two attached hydrogens (primary N) is 2. The molecule has 1 fully saturated rings. The second kappa shape index (κ2) is 7.10. The van der Waals surface area contributed by atoms with Crippen LogP contribution in [-0.2, 0) is 9.59 Å². The Morgan fingerprint density at radius 3 is 2.61 bits per heavy atom. The van der Waals surface area contributed by atoms with Crippen molar-refractivity contribution in [2.75, 3.05) is 0 Å². The molecule has 0 spiro atoms. The molecule has 6 heteroatoms. The van der Waals surface area contributed by atoms with E-state index in [-0.39, 0.29) is 23.5 Å². The molecule has 0 saturated heterocycles. The van der Waals surface area contributed by atoms with Gasteiger partial charge in [0.2, 0.25) is 5.78 Å². The van der Waals surface area contributed by atoms with Gasteiger partial charge in [0.05, 0.1) is 0 Å². The van der Waals surface area contributed by atoms with Crippen molar-refractivity contribution in [2.24, 2.45) is 11.7 Å². The zero-order valence-corrected chi connectivity index (χ0v) is 13.4. The molecule has 2 aliphatic rings. The molecule has 0 heterocycles. The summed E-state index contributed by atoms with van der Waals surface area (Å²) in [4.78, 5) is 24.9. The molecular formula is C17H25N2O4+. The summed E-state index contributed by atoms with van der Waals surface area (Å²) >= 11 is 0. The van der Waals surface area contributed by atoms with Crippen LogP contribution < -0.4 is 11.1 Å². The van der Waals surface area contributed by atoms with E-state index in [0.29, 0.717) is 12.8 Å². The Morgan fingerprint density at radius 2 is 2.04 bits per heavy atom. The highest BCUT2D eigenvalue weighted by atomic mass is 16.3. The molecule has 0 aliphatic heterocycles. The Labute approximate surface area is 135 Å². The normalized spacial score (nSPS) is 25.0. The lowest BCUT2D eigenvalue weighted by atomic mass is 9.77. The number of rotatable bonds is 6. The fourth-order valence-corrected chi connectivity index (χ4v) is 3.23. The molecule has 0 aromatic carbocycles. The highest BCUT2D eigenvalue weighted by molar-refractivity contribution is 5.92. The predicted octanol–water partition coefficient (Wildman–Crippen LogP) is 0.200. The van der Waals surface area contributed by atoms with Gasteiger partial charge in [0, 0.05) is 12.8 Å². The molecule has 2 atom stereocenters. The summed E-state index contributed by atoms with van der Waals surface area (Å²) in [5.41, 5.74) is 5.14. The van der Waals surface area contributed by atoms with Crippen LogP contribution in [0.15, 0.2) is 35.8 Å². The van der Waals surface area contributed by atoms with E-state index in [2.05, 4.69) is 0 Å². The van der Waals surface area contributed by atoms with Gasteiger partial charge in [0.15, 0.2) is 11.4 Å². The second-order valence-corrected chi connectivity index (χ2v) is 6.40. The molecule has 2 unspecified atom stereocenters. The van der Waals surface area contributed by atoms with Crippen molar-refractivity contribution in [3.63, 3.8) is 0 Å². The molecular weight excluding hydrogens is 296 g/mol. The van der Waals surface area contributed by atoms with Crippen molar-refractivity contribution >= 4 is 11.7 Å². The van der Waals surface area contributed by atoms with Gasteiger partial charge in [-0.15, -0.1) is 0 Å². The van der Waals surface area contributed by atoms with E-state index in [1.165, 1.54) is 13.0 Å². The standard InChI is InChI=1S/C17H24N2O4/c1-11(20)15(22)17(8-3-2-4-9-17)19-16(23)13-10-12(13)6-5-7-14(18)21/h5-7,10-11,13,20-21H,2-4,8-9,18H2,1H3,(H,19,23)/p+1. The number of carbonyl (C=O) groups is 2. The molecule has 126 valence electrons. The van der Waals surface area contributed by atoms with Crippen molar-refractivity contribution in [1.82, 2.24) is 0 Å². The van der Waals surface area contributed by atoms with E-state index in [4.69, 9.17) is 10.8 Å². The maximum absolute atomic E-state index is 12.4. The van der Waals surface area contributed by atoms with Crippen molar-refractivity contribution in [2.45, 2.75) is 50.7 Å². The number of carbonyl (C=O) groups excluding carboxylic acids is 2. The summed E-state index contributed by atoms with van der Waals surface area (Å²) in [6, 6.07) is 0. The number of aliphatic hydroxyl groups excluding tert-OH is 2. The van der Waals surface area contributed by atoms with Gasteiger partial charge in [-0.25, -0.2) is 4.79 Å². The summed E-state index contributed by atoms with van der Waals surface area (Å²) in [6.07, 6.45) is 9.48. The Balaban J connectivity index is 1.99. The maximum atomic E-state index is 12.4. The minimum absolute atomic E-state index is 0.0958. The largest absolute Gasteiger partial charge is 0.495 e. The van der Waals surface area contributed by atoms with Crippen molar-refractivity contribution in [3.05, 3.63) is 35.8 Å². The van der Waals surface area contributed by atoms with E-state index in [9.17, 15) is 14.7 Å². The Hall–Kier alpha value is -1.92. The van der Waals surface area contributed by atoms with Gasteiger partial charge in [0.25, 0.3) is 0 Å². The zero-order chi connectivity index (χ0) is 17.0.